The molecule has 0 radical (unpaired) electrons. The molecule has 0 saturated carbocycles. The maximum Gasteiger partial charge on any atom is 0.160 e. The van der Waals surface area contributed by atoms with Crippen LogP contribution in [0.3, 0.4) is 0 Å². The van der Waals surface area contributed by atoms with Crippen LogP contribution >= 0.6 is 0 Å². The lowest BCUT2D eigenvalue weighted by Gasteiger charge is -2.22. The molecule has 0 bridgehead atoms. The van der Waals surface area contributed by atoms with Gasteiger partial charge >= 0.3 is 0 Å². The first-order valence-electron chi connectivity index (χ1n) is 6.70. The van der Waals surface area contributed by atoms with Gasteiger partial charge in [0.05, 0.1) is 13.3 Å². The van der Waals surface area contributed by atoms with Crippen LogP contribution in [0.2, 0.25) is 0 Å². The lowest BCUT2D eigenvalue weighted by atomic mass is 9.99. The normalized spacial score (nSPS) is 13.9. The Morgan fingerprint density at radius 3 is 2.76 bits per heavy atom. The monoisotopic (exact) mass is 291 g/mol. The van der Waals surface area contributed by atoms with Gasteiger partial charge in [0.25, 0.3) is 0 Å². The van der Waals surface area contributed by atoms with E-state index in [1.165, 1.54) is 7.11 Å². The van der Waals surface area contributed by atoms with Crippen molar-refractivity contribution in [3.05, 3.63) is 41.7 Å². The summed E-state index contributed by atoms with van der Waals surface area (Å²) in [6, 6.07) is 5.22. The second-order valence-electron chi connectivity index (χ2n) is 5.29. The van der Waals surface area contributed by atoms with Crippen LogP contribution in [0.4, 0.5) is 0 Å². The molecule has 114 valence electrons. The Bertz CT molecular complexity index is 608. The molecule has 1 unspecified atom stereocenters. The number of aromatic nitrogens is 2. The smallest absolute Gasteiger partial charge is 0.160 e. The Labute approximate surface area is 124 Å². The first-order valence-corrected chi connectivity index (χ1v) is 6.70. The molecule has 2 aromatic rings. The van der Waals surface area contributed by atoms with Gasteiger partial charge in [-0.1, -0.05) is 6.07 Å². The Balaban J connectivity index is 1.93. The third kappa shape index (κ3) is 3.74. The van der Waals surface area contributed by atoms with E-state index in [4.69, 9.17) is 4.74 Å². The van der Waals surface area contributed by atoms with Crippen molar-refractivity contribution in [1.29, 1.82) is 0 Å². The van der Waals surface area contributed by atoms with Gasteiger partial charge < -0.3 is 20.3 Å². The average Bonchev–Trinajstić information content (AvgIpc) is 2.86. The van der Waals surface area contributed by atoms with Crippen molar-refractivity contribution < 1.29 is 14.9 Å². The van der Waals surface area contributed by atoms with Crippen molar-refractivity contribution in [3.8, 4) is 11.5 Å². The molecule has 0 aliphatic rings. The molecule has 1 aromatic carbocycles. The molecule has 21 heavy (non-hydrogen) atoms. The van der Waals surface area contributed by atoms with Crippen LogP contribution < -0.4 is 10.1 Å². The van der Waals surface area contributed by atoms with E-state index < -0.39 is 5.60 Å². The van der Waals surface area contributed by atoms with Crippen molar-refractivity contribution in [3.63, 3.8) is 0 Å². The van der Waals surface area contributed by atoms with Crippen molar-refractivity contribution >= 4 is 0 Å². The second kappa shape index (κ2) is 6.15. The van der Waals surface area contributed by atoms with Gasteiger partial charge in [-0.05, 0) is 24.6 Å². The van der Waals surface area contributed by atoms with Gasteiger partial charge in [-0.15, -0.1) is 0 Å². The molecule has 6 nitrogen and oxygen atoms in total. The molecule has 0 fully saturated rings. The predicted octanol–water partition coefficient (Wildman–Crippen LogP) is 1.13. The van der Waals surface area contributed by atoms with Gasteiger partial charge in [0, 0.05) is 31.9 Å². The maximum atomic E-state index is 10.4. The molecule has 0 saturated heterocycles. The third-order valence-electron chi connectivity index (χ3n) is 3.37. The first-order chi connectivity index (χ1) is 9.92. The van der Waals surface area contributed by atoms with Gasteiger partial charge in [-0.25, -0.2) is 0 Å². The molecular formula is C15H21N3O3. The Kier molecular flexibility index (Phi) is 4.50. The SMILES string of the molecule is COc1ccc(CNCC(C)(O)c2cnn(C)c2)cc1O. The second-order valence-corrected chi connectivity index (χ2v) is 5.29. The summed E-state index contributed by atoms with van der Waals surface area (Å²) in [5, 5.41) is 27.4. The number of phenolic OH excluding ortho intramolecular Hbond substituents is 1. The minimum absolute atomic E-state index is 0.107. The van der Waals surface area contributed by atoms with Crippen LogP contribution in [0.5, 0.6) is 11.5 Å². The van der Waals surface area contributed by atoms with E-state index in [0.29, 0.717) is 18.8 Å². The minimum atomic E-state index is -0.997. The van der Waals surface area contributed by atoms with Gasteiger partial charge in [0.15, 0.2) is 11.5 Å². The van der Waals surface area contributed by atoms with Gasteiger partial charge in [0.1, 0.15) is 5.60 Å². The lowest BCUT2D eigenvalue weighted by Crippen LogP contribution is -2.34. The highest BCUT2D eigenvalue weighted by Gasteiger charge is 2.24. The van der Waals surface area contributed by atoms with E-state index in [2.05, 4.69) is 10.4 Å². The molecule has 1 heterocycles. The minimum Gasteiger partial charge on any atom is -0.504 e. The number of aliphatic hydroxyl groups is 1. The standard InChI is InChI=1S/C15H21N3O3/c1-15(20,12-8-17-18(2)9-12)10-16-7-11-4-5-14(21-3)13(19)6-11/h4-6,8-9,16,19-20H,7,10H2,1-3H3. The van der Waals surface area contributed by atoms with Crippen molar-refractivity contribution in [2.24, 2.45) is 7.05 Å². The van der Waals surface area contributed by atoms with E-state index >= 15 is 0 Å². The summed E-state index contributed by atoms with van der Waals surface area (Å²) in [6.45, 7) is 2.65. The number of phenols is 1. The zero-order chi connectivity index (χ0) is 15.5. The van der Waals surface area contributed by atoms with Crippen LogP contribution in [0.1, 0.15) is 18.1 Å². The number of methoxy groups -OCH3 is 1. The zero-order valence-corrected chi connectivity index (χ0v) is 12.5. The molecule has 1 aromatic heterocycles. The topological polar surface area (TPSA) is 79.5 Å². The van der Waals surface area contributed by atoms with Crippen LogP contribution in [0.25, 0.3) is 0 Å². The lowest BCUT2D eigenvalue weighted by molar-refractivity contribution is 0.0566. The predicted molar refractivity (Wildman–Crippen MR) is 79.1 cm³/mol. The number of rotatable bonds is 6. The van der Waals surface area contributed by atoms with Crippen molar-refractivity contribution in [2.45, 2.75) is 19.1 Å². The molecule has 0 amide bonds. The van der Waals surface area contributed by atoms with Gasteiger partial charge in [-0.3, -0.25) is 4.68 Å². The third-order valence-corrected chi connectivity index (χ3v) is 3.37. The Hall–Kier alpha value is -2.05. The number of benzene rings is 1. The number of hydrogen-bond acceptors (Lipinski definition) is 5. The summed E-state index contributed by atoms with van der Waals surface area (Å²) < 4.78 is 6.66. The summed E-state index contributed by atoms with van der Waals surface area (Å²) >= 11 is 0. The highest BCUT2D eigenvalue weighted by atomic mass is 16.5. The summed E-state index contributed by atoms with van der Waals surface area (Å²) in [6.07, 6.45) is 3.45. The maximum absolute atomic E-state index is 10.4. The summed E-state index contributed by atoms with van der Waals surface area (Å²) in [7, 11) is 3.32. The molecule has 0 spiro atoms. The Morgan fingerprint density at radius 1 is 1.43 bits per heavy atom. The fourth-order valence-corrected chi connectivity index (χ4v) is 2.10. The van der Waals surface area contributed by atoms with E-state index in [1.54, 1.807) is 36.1 Å². The largest absolute Gasteiger partial charge is 0.504 e. The molecule has 0 aliphatic heterocycles. The quantitative estimate of drug-likeness (QED) is 0.743. The molecule has 3 N–H and O–H groups in total. The number of ether oxygens (including phenoxy) is 1. The highest BCUT2D eigenvalue weighted by Crippen LogP contribution is 2.26. The van der Waals surface area contributed by atoms with Crippen molar-refractivity contribution in [1.82, 2.24) is 15.1 Å². The first kappa shape index (κ1) is 15.3. The molecule has 1 atom stereocenters. The number of hydrogen-bond donors (Lipinski definition) is 3. The molecule has 6 heteroatoms. The van der Waals surface area contributed by atoms with Crippen LogP contribution in [0, 0.1) is 0 Å². The van der Waals surface area contributed by atoms with Gasteiger partial charge in [-0.2, -0.15) is 5.10 Å². The zero-order valence-electron chi connectivity index (χ0n) is 12.5. The number of nitrogens with one attached hydrogen (secondary N) is 1. The fourth-order valence-electron chi connectivity index (χ4n) is 2.10. The summed E-state index contributed by atoms with van der Waals surface area (Å²) in [5.74, 6) is 0.553. The molecule has 0 aliphatic carbocycles. The number of aryl methyl sites for hydroxylation is 1. The van der Waals surface area contributed by atoms with E-state index in [9.17, 15) is 10.2 Å². The molecular weight excluding hydrogens is 270 g/mol. The number of nitrogens with zero attached hydrogens (tertiary/aromatic N) is 2. The van der Waals surface area contributed by atoms with Gasteiger partial charge in [0.2, 0.25) is 0 Å². The molecule has 2 rings (SSSR count). The summed E-state index contributed by atoms with van der Waals surface area (Å²) in [4.78, 5) is 0. The van der Waals surface area contributed by atoms with E-state index in [1.807, 2.05) is 13.1 Å². The van der Waals surface area contributed by atoms with Crippen molar-refractivity contribution in [2.75, 3.05) is 13.7 Å². The summed E-state index contributed by atoms with van der Waals surface area (Å²) in [5.41, 5.74) is 0.674. The van der Waals surface area contributed by atoms with Crippen LogP contribution in [-0.2, 0) is 19.2 Å². The van der Waals surface area contributed by atoms with Crippen LogP contribution in [-0.4, -0.2) is 33.6 Å². The highest BCUT2D eigenvalue weighted by molar-refractivity contribution is 5.41. The van der Waals surface area contributed by atoms with E-state index in [0.717, 1.165) is 11.1 Å². The number of aromatic hydroxyl groups is 1. The Morgan fingerprint density at radius 2 is 2.19 bits per heavy atom. The fraction of sp³-hybridized carbons (Fsp3) is 0.400. The van der Waals surface area contributed by atoms with Crippen LogP contribution in [0.15, 0.2) is 30.6 Å². The average molecular weight is 291 g/mol. The van der Waals surface area contributed by atoms with E-state index in [-0.39, 0.29) is 5.75 Å².